The van der Waals surface area contributed by atoms with Crippen LogP contribution in [-0.4, -0.2) is 35.6 Å². The van der Waals surface area contributed by atoms with E-state index in [0.29, 0.717) is 25.4 Å². The number of hydrogen-bond acceptors (Lipinski definition) is 4. The topological polar surface area (TPSA) is 54.8 Å². The van der Waals surface area contributed by atoms with E-state index >= 15 is 0 Å². The number of pyridine rings is 1. The first kappa shape index (κ1) is 17.6. The van der Waals surface area contributed by atoms with Crippen molar-refractivity contribution in [3.8, 4) is 5.75 Å². The second-order valence-electron chi connectivity index (χ2n) is 7.58. The highest BCUT2D eigenvalue weighted by Crippen LogP contribution is 2.31. The lowest BCUT2D eigenvalue weighted by atomic mass is 9.95. The minimum absolute atomic E-state index is 0.00604. The van der Waals surface area contributed by atoms with Crippen molar-refractivity contribution >= 4 is 11.6 Å². The van der Waals surface area contributed by atoms with Crippen LogP contribution in [0, 0.1) is 12.8 Å². The third-order valence-electron chi connectivity index (χ3n) is 5.78. The molecule has 2 aliphatic heterocycles. The van der Waals surface area contributed by atoms with Crippen LogP contribution in [0.15, 0.2) is 35.1 Å². The van der Waals surface area contributed by atoms with E-state index in [1.54, 1.807) is 24.8 Å². The zero-order valence-corrected chi connectivity index (χ0v) is 16.1. The second-order valence-corrected chi connectivity index (χ2v) is 7.58. The van der Waals surface area contributed by atoms with Crippen LogP contribution in [0.25, 0.3) is 0 Å². The third kappa shape index (κ3) is 3.20. The average Bonchev–Trinajstić information content (AvgIpc) is 3.08. The molecule has 1 amide bonds. The lowest BCUT2D eigenvalue weighted by Gasteiger charge is -2.41. The Morgan fingerprint density at radius 3 is 2.74 bits per heavy atom. The summed E-state index contributed by atoms with van der Waals surface area (Å²) in [5.74, 6) is 1.40. The van der Waals surface area contributed by atoms with Crippen LogP contribution in [0.1, 0.15) is 23.2 Å². The van der Waals surface area contributed by atoms with Gasteiger partial charge in [-0.05, 0) is 30.2 Å². The Balaban J connectivity index is 1.36. The summed E-state index contributed by atoms with van der Waals surface area (Å²) in [7, 11) is 3.45. The van der Waals surface area contributed by atoms with Gasteiger partial charge in [-0.2, -0.15) is 0 Å². The number of anilines is 1. The number of hydrogen-bond donors (Lipinski definition) is 0. The summed E-state index contributed by atoms with van der Waals surface area (Å²) >= 11 is 0. The first-order valence-corrected chi connectivity index (χ1v) is 9.31. The number of aromatic nitrogens is 1. The number of methoxy groups -OCH3 is 1. The van der Waals surface area contributed by atoms with Crippen LogP contribution in [0.4, 0.5) is 5.69 Å². The van der Waals surface area contributed by atoms with Gasteiger partial charge in [-0.1, -0.05) is 6.07 Å². The van der Waals surface area contributed by atoms with E-state index in [9.17, 15) is 9.59 Å². The van der Waals surface area contributed by atoms with E-state index in [1.807, 2.05) is 30.0 Å². The molecule has 0 N–H and O–H groups in total. The van der Waals surface area contributed by atoms with Crippen LogP contribution in [0.3, 0.4) is 0 Å². The molecule has 1 fully saturated rings. The number of benzene rings is 1. The molecule has 4 rings (SSSR count). The van der Waals surface area contributed by atoms with Gasteiger partial charge in [-0.3, -0.25) is 9.59 Å². The number of fused-ring (bicyclic) bond motifs is 1. The number of aryl methyl sites for hydroxylation is 1. The van der Waals surface area contributed by atoms with E-state index in [0.717, 1.165) is 41.3 Å². The molecule has 0 saturated carbocycles. The molecule has 2 aliphatic rings. The first-order chi connectivity index (χ1) is 13.0. The fourth-order valence-corrected chi connectivity index (χ4v) is 4.05. The number of rotatable bonds is 4. The summed E-state index contributed by atoms with van der Waals surface area (Å²) in [5, 5.41) is 0. The summed E-state index contributed by atoms with van der Waals surface area (Å²) in [5.41, 5.74) is 4.21. The van der Waals surface area contributed by atoms with E-state index in [4.69, 9.17) is 4.74 Å². The first-order valence-electron chi connectivity index (χ1n) is 9.31. The lowest BCUT2D eigenvalue weighted by Crippen LogP contribution is -2.48. The van der Waals surface area contributed by atoms with Gasteiger partial charge in [0.1, 0.15) is 5.75 Å². The summed E-state index contributed by atoms with van der Waals surface area (Å²) in [4.78, 5) is 28.9. The Morgan fingerprint density at radius 1 is 1.22 bits per heavy atom. The summed E-state index contributed by atoms with van der Waals surface area (Å²) < 4.78 is 6.95. The van der Waals surface area contributed by atoms with Crippen LogP contribution in [0.5, 0.6) is 5.75 Å². The quantitative estimate of drug-likeness (QED) is 0.830. The lowest BCUT2D eigenvalue weighted by molar-refractivity contribution is -0.133. The van der Waals surface area contributed by atoms with E-state index in [1.165, 1.54) is 0 Å². The molecule has 6 nitrogen and oxygen atoms in total. The van der Waals surface area contributed by atoms with Crippen LogP contribution in [-0.2, 0) is 24.9 Å². The molecular weight excluding hydrogens is 342 g/mol. The molecule has 1 aromatic carbocycles. The van der Waals surface area contributed by atoms with Gasteiger partial charge in [0.25, 0.3) is 5.56 Å². The molecular formula is C21H25N3O3. The van der Waals surface area contributed by atoms with Gasteiger partial charge in [0.05, 0.1) is 13.7 Å². The number of nitrogens with zero attached hydrogens (tertiary/aromatic N) is 3. The van der Waals surface area contributed by atoms with Gasteiger partial charge in [-0.25, -0.2) is 0 Å². The zero-order chi connectivity index (χ0) is 19.1. The molecule has 6 heteroatoms. The molecule has 1 saturated heterocycles. The Kier molecular flexibility index (Phi) is 4.42. The maximum atomic E-state index is 12.8. The maximum absolute atomic E-state index is 12.8. The summed E-state index contributed by atoms with van der Waals surface area (Å²) in [6.07, 6.45) is 0.557. The maximum Gasteiger partial charge on any atom is 0.250 e. The van der Waals surface area contributed by atoms with E-state index in [-0.39, 0.29) is 11.5 Å². The molecule has 0 aliphatic carbocycles. The van der Waals surface area contributed by atoms with Crippen molar-refractivity contribution in [3.05, 3.63) is 57.5 Å². The number of carbonyl (C=O) groups excluding carboxylic acids is 1. The molecule has 2 aromatic rings. The van der Waals surface area contributed by atoms with Crippen molar-refractivity contribution in [2.24, 2.45) is 13.0 Å². The van der Waals surface area contributed by atoms with E-state index < -0.39 is 0 Å². The van der Waals surface area contributed by atoms with Gasteiger partial charge in [0.2, 0.25) is 5.91 Å². The van der Waals surface area contributed by atoms with Crippen molar-refractivity contribution in [3.63, 3.8) is 0 Å². The van der Waals surface area contributed by atoms with Crippen molar-refractivity contribution in [2.45, 2.75) is 26.4 Å². The Labute approximate surface area is 159 Å². The van der Waals surface area contributed by atoms with E-state index in [2.05, 4.69) is 11.0 Å². The van der Waals surface area contributed by atoms with Gasteiger partial charge in [0.15, 0.2) is 0 Å². The minimum atomic E-state index is -0.00604. The Bertz CT molecular complexity index is 944. The fraction of sp³-hybridized carbons (Fsp3) is 0.429. The predicted molar refractivity (Wildman–Crippen MR) is 104 cm³/mol. The predicted octanol–water partition coefficient (Wildman–Crippen LogP) is 2.07. The molecule has 0 spiro atoms. The highest BCUT2D eigenvalue weighted by Gasteiger charge is 2.33. The smallest absolute Gasteiger partial charge is 0.250 e. The highest BCUT2D eigenvalue weighted by atomic mass is 16.5. The molecule has 0 radical (unpaired) electrons. The van der Waals surface area contributed by atoms with Gasteiger partial charge in [-0.15, -0.1) is 0 Å². The van der Waals surface area contributed by atoms with Gasteiger partial charge >= 0.3 is 0 Å². The van der Waals surface area contributed by atoms with Crippen molar-refractivity contribution in [1.29, 1.82) is 0 Å². The zero-order valence-electron chi connectivity index (χ0n) is 16.1. The molecule has 3 heterocycles. The highest BCUT2D eigenvalue weighted by molar-refractivity contribution is 5.77. The largest absolute Gasteiger partial charge is 0.497 e. The molecule has 27 heavy (non-hydrogen) atoms. The summed E-state index contributed by atoms with van der Waals surface area (Å²) in [6.45, 7) is 4.87. The van der Waals surface area contributed by atoms with Crippen LogP contribution < -0.4 is 15.2 Å². The second kappa shape index (κ2) is 6.76. The Hall–Kier alpha value is -2.76. The minimum Gasteiger partial charge on any atom is -0.497 e. The van der Waals surface area contributed by atoms with Gasteiger partial charge < -0.3 is 19.1 Å². The molecule has 0 atom stereocenters. The van der Waals surface area contributed by atoms with Crippen molar-refractivity contribution in [2.75, 3.05) is 25.1 Å². The number of ether oxygens (including phenoxy) is 1. The van der Waals surface area contributed by atoms with Crippen LogP contribution in [0.2, 0.25) is 0 Å². The normalized spacial score (nSPS) is 16.3. The Morgan fingerprint density at radius 2 is 2.00 bits per heavy atom. The summed E-state index contributed by atoms with van der Waals surface area (Å²) in [6, 6.07) is 9.68. The average molecular weight is 367 g/mol. The van der Waals surface area contributed by atoms with Crippen LogP contribution >= 0.6 is 0 Å². The third-order valence-corrected chi connectivity index (χ3v) is 5.78. The van der Waals surface area contributed by atoms with Crippen molar-refractivity contribution < 1.29 is 9.53 Å². The molecule has 1 aromatic heterocycles. The monoisotopic (exact) mass is 367 g/mol. The standard InChI is InChI=1S/C21H25N3O3/c1-14-7-20(25)22(2)19-13-24(12-18(14)19)21(26)8-15-10-23(11-15)16-5-4-6-17(9-16)27-3/h4-7,9,15H,8,10-13H2,1-3H3. The number of carbonyl (C=O) groups is 1. The molecule has 0 unspecified atom stereocenters. The number of amides is 1. The molecule has 142 valence electrons. The SMILES string of the molecule is COc1cccc(N2CC(CC(=O)N3Cc4c(C)cc(=O)n(C)c4C3)C2)c1. The molecule has 0 bridgehead atoms. The van der Waals surface area contributed by atoms with Gasteiger partial charge in [0, 0.05) is 62.5 Å². The van der Waals surface area contributed by atoms with Crippen molar-refractivity contribution in [1.82, 2.24) is 9.47 Å². The fourth-order valence-electron chi connectivity index (χ4n) is 4.05.